The van der Waals surface area contributed by atoms with Crippen molar-refractivity contribution in [1.29, 1.82) is 0 Å². The fraction of sp³-hybridized carbons (Fsp3) is 0.263. The Balaban J connectivity index is 1.42. The zero-order valence-corrected chi connectivity index (χ0v) is 14.2. The summed E-state index contributed by atoms with van der Waals surface area (Å²) in [7, 11) is 0. The van der Waals surface area contributed by atoms with E-state index in [1.807, 2.05) is 30.3 Å². The zero-order chi connectivity index (χ0) is 18.1. The van der Waals surface area contributed by atoms with Crippen molar-refractivity contribution in [1.82, 2.24) is 5.32 Å². The van der Waals surface area contributed by atoms with Crippen molar-refractivity contribution in [2.75, 3.05) is 18.2 Å². The van der Waals surface area contributed by atoms with Gasteiger partial charge in [-0.1, -0.05) is 18.2 Å². The smallest absolute Gasteiger partial charge is 0.268 e. The lowest BCUT2D eigenvalue weighted by Crippen LogP contribution is -2.48. The number of carbonyl (C=O) groups excluding carboxylic acids is 2. The molecule has 0 radical (unpaired) electrons. The van der Waals surface area contributed by atoms with Gasteiger partial charge in [-0.2, -0.15) is 0 Å². The molecule has 0 aliphatic carbocycles. The number of nitrogens with one attached hydrogen (secondary N) is 1. The minimum absolute atomic E-state index is 0.0614. The van der Waals surface area contributed by atoms with Crippen LogP contribution < -0.4 is 24.4 Å². The molecule has 4 rings (SSSR count). The van der Waals surface area contributed by atoms with E-state index < -0.39 is 6.10 Å². The van der Waals surface area contributed by atoms with Gasteiger partial charge >= 0.3 is 0 Å². The second-order valence-electron chi connectivity index (χ2n) is 6.12. The fourth-order valence-electron chi connectivity index (χ4n) is 2.97. The van der Waals surface area contributed by atoms with E-state index in [2.05, 4.69) is 5.32 Å². The van der Waals surface area contributed by atoms with Crippen LogP contribution >= 0.6 is 0 Å². The molecule has 2 heterocycles. The maximum atomic E-state index is 12.4. The molecule has 2 aromatic carbocycles. The van der Waals surface area contributed by atoms with Crippen LogP contribution in [0.15, 0.2) is 42.5 Å². The molecule has 2 amide bonds. The van der Waals surface area contributed by atoms with Crippen LogP contribution in [0.2, 0.25) is 0 Å². The number of hydrogen-bond donors (Lipinski definition) is 1. The first-order chi connectivity index (χ1) is 12.6. The molecule has 0 saturated heterocycles. The summed E-state index contributed by atoms with van der Waals surface area (Å²) in [6.07, 6.45) is -0.619. The topological polar surface area (TPSA) is 77.1 Å². The first-order valence-corrected chi connectivity index (χ1v) is 8.34. The van der Waals surface area contributed by atoms with E-state index in [9.17, 15) is 9.59 Å². The van der Waals surface area contributed by atoms with E-state index in [1.54, 1.807) is 19.1 Å². The number of fused-ring (bicyclic) bond motifs is 2. The van der Waals surface area contributed by atoms with Gasteiger partial charge in [0, 0.05) is 6.54 Å². The molecule has 2 aliphatic rings. The maximum Gasteiger partial charge on any atom is 0.268 e. The van der Waals surface area contributed by atoms with E-state index in [-0.39, 0.29) is 25.2 Å². The van der Waals surface area contributed by atoms with Gasteiger partial charge in [-0.3, -0.25) is 14.5 Å². The number of nitrogens with zero attached hydrogens (tertiary/aromatic N) is 1. The van der Waals surface area contributed by atoms with Crippen molar-refractivity contribution in [3.05, 3.63) is 48.0 Å². The number of rotatable bonds is 4. The minimum Gasteiger partial charge on any atom is -0.479 e. The average Bonchev–Trinajstić information content (AvgIpc) is 3.11. The van der Waals surface area contributed by atoms with Gasteiger partial charge in [0.15, 0.2) is 17.6 Å². The summed E-state index contributed by atoms with van der Waals surface area (Å²) in [6.45, 7) is 2.16. The van der Waals surface area contributed by atoms with Crippen molar-refractivity contribution in [3.63, 3.8) is 0 Å². The maximum absolute atomic E-state index is 12.4. The molecular formula is C19H18N2O5. The second-order valence-corrected chi connectivity index (χ2v) is 6.12. The largest absolute Gasteiger partial charge is 0.479 e. The normalized spacial score (nSPS) is 17.5. The monoisotopic (exact) mass is 354 g/mol. The van der Waals surface area contributed by atoms with Gasteiger partial charge < -0.3 is 19.5 Å². The van der Waals surface area contributed by atoms with Gasteiger partial charge in [-0.05, 0) is 36.8 Å². The zero-order valence-electron chi connectivity index (χ0n) is 14.2. The summed E-state index contributed by atoms with van der Waals surface area (Å²) in [5, 5.41) is 2.83. The fourth-order valence-corrected chi connectivity index (χ4v) is 2.97. The van der Waals surface area contributed by atoms with Gasteiger partial charge in [0.1, 0.15) is 12.3 Å². The molecule has 0 aromatic heterocycles. The van der Waals surface area contributed by atoms with E-state index >= 15 is 0 Å². The molecule has 0 unspecified atom stereocenters. The highest BCUT2D eigenvalue weighted by Gasteiger charge is 2.32. The van der Waals surface area contributed by atoms with Crippen molar-refractivity contribution in [2.24, 2.45) is 0 Å². The molecule has 7 nitrogen and oxygen atoms in total. The number of carbonyl (C=O) groups is 2. The molecule has 0 fully saturated rings. The molecule has 2 aliphatic heterocycles. The van der Waals surface area contributed by atoms with Crippen molar-refractivity contribution in [3.8, 4) is 17.2 Å². The Kier molecular flexibility index (Phi) is 4.12. The van der Waals surface area contributed by atoms with Crippen LogP contribution in [0.5, 0.6) is 17.2 Å². The van der Waals surface area contributed by atoms with Crippen LogP contribution in [0.3, 0.4) is 0 Å². The Hall–Kier alpha value is -3.22. The van der Waals surface area contributed by atoms with Crippen molar-refractivity contribution >= 4 is 17.5 Å². The highest BCUT2D eigenvalue weighted by atomic mass is 16.7. The Labute approximate surface area is 150 Å². The van der Waals surface area contributed by atoms with Gasteiger partial charge in [0.05, 0.1) is 5.69 Å². The summed E-state index contributed by atoms with van der Waals surface area (Å²) in [6, 6.07) is 12.7. The third-order valence-corrected chi connectivity index (χ3v) is 4.30. The van der Waals surface area contributed by atoms with E-state index in [0.717, 1.165) is 5.56 Å². The van der Waals surface area contributed by atoms with Gasteiger partial charge in [-0.25, -0.2) is 0 Å². The Morgan fingerprint density at radius 1 is 1.15 bits per heavy atom. The number of anilines is 1. The van der Waals surface area contributed by atoms with Crippen LogP contribution in [-0.4, -0.2) is 31.3 Å². The molecule has 1 atom stereocenters. The molecule has 134 valence electrons. The number of benzene rings is 2. The van der Waals surface area contributed by atoms with E-state index in [1.165, 1.54) is 4.90 Å². The first-order valence-electron chi connectivity index (χ1n) is 8.34. The average molecular weight is 354 g/mol. The first kappa shape index (κ1) is 16.3. The third-order valence-electron chi connectivity index (χ3n) is 4.30. The molecule has 0 saturated carbocycles. The van der Waals surface area contributed by atoms with E-state index in [0.29, 0.717) is 29.5 Å². The predicted octanol–water partition coefficient (Wildman–Crippen LogP) is 1.85. The van der Waals surface area contributed by atoms with Crippen molar-refractivity contribution < 1.29 is 23.8 Å². The van der Waals surface area contributed by atoms with E-state index in [4.69, 9.17) is 14.2 Å². The lowest BCUT2D eigenvalue weighted by atomic mass is 10.2. The lowest BCUT2D eigenvalue weighted by Gasteiger charge is -2.32. The summed E-state index contributed by atoms with van der Waals surface area (Å²) in [5.74, 6) is 1.48. The van der Waals surface area contributed by atoms with Crippen LogP contribution in [-0.2, 0) is 16.1 Å². The quantitative estimate of drug-likeness (QED) is 0.907. The van der Waals surface area contributed by atoms with Gasteiger partial charge in [-0.15, -0.1) is 0 Å². The van der Waals surface area contributed by atoms with Crippen LogP contribution in [0, 0.1) is 0 Å². The summed E-state index contributed by atoms with van der Waals surface area (Å²) in [4.78, 5) is 26.3. The van der Waals surface area contributed by atoms with Crippen LogP contribution in [0.1, 0.15) is 12.5 Å². The Morgan fingerprint density at radius 2 is 1.96 bits per heavy atom. The molecule has 1 N–H and O–H groups in total. The van der Waals surface area contributed by atoms with Gasteiger partial charge in [0.25, 0.3) is 5.91 Å². The van der Waals surface area contributed by atoms with Crippen molar-refractivity contribution in [2.45, 2.75) is 19.6 Å². The Bertz CT molecular complexity index is 867. The number of amides is 2. The number of para-hydroxylation sites is 2. The minimum atomic E-state index is -0.619. The summed E-state index contributed by atoms with van der Waals surface area (Å²) < 4.78 is 16.2. The molecule has 2 aromatic rings. The van der Waals surface area contributed by atoms with Crippen LogP contribution in [0.4, 0.5) is 5.69 Å². The molecule has 26 heavy (non-hydrogen) atoms. The SMILES string of the molecule is C[C@@H]1Oc2ccccc2N(CC(=O)NCc2ccc3c(c2)OCO3)C1=O. The van der Waals surface area contributed by atoms with Gasteiger partial charge in [0.2, 0.25) is 12.7 Å². The third kappa shape index (κ3) is 3.03. The van der Waals surface area contributed by atoms with Crippen LogP contribution in [0.25, 0.3) is 0 Å². The Morgan fingerprint density at radius 3 is 2.85 bits per heavy atom. The summed E-state index contributed by atoms with van der Waals surface area (Å²) >= 11 is 0. The predicted molar refractivity (Wildman–Crippen MR) is 93.3 cm³/mol. The molecular weight excluding hydrogens is 336 g/mol. The highest BCUT2D eigenvalue weighted by Crippen LogP contribution is 2.34. The summed E-state index contributed by atoms with van der Waals surface area (Å²) in [5.41, 5.74) is 1.50. The highest BCUT2D eigenvalue weighted by molar-refractivity contribution is 6.03. The molecule has 0 bridgehead atoms. The standard InChI is InChI=1S/C19H18N2O5/c1-12-19(23)21(14-4-2-3-5-15(14)26-12)10-18(22)20-9-13-6-7-16-17(8-13)25-11-24-16/h2-8,12H,9-11H2,1H3,(H,20,22)/t12-/m0/s1. The molecule has 7 heteroatoms. The number of hydrogen-bond acceptors (Lipinski definition) is 5. The second kappa shape index (κ2) is 6.59. The lowest BCUT2D eigenvalue weighted by molar-refractivity contribution is -0.128. The molecule has 0 spiro atoms. The number of ether oxygens (including phenoxy) is 3.